The van der Waals surface area contributed by atoms with Gasteiger partial charge in [-0.15, -0.1) is 19.3 Å². The van der Waals surface area contributed by atoms with E-state index in [1.807, 2.05) is 91.5 Å². The maximum atomic E-state index is 12.3. The molecule has 0 aliphatic rings. The summed E-state index contributed by atoms with van der Waals surface area (Å²) in [6.07, 6.45) is 18.0. The minimum atomic E-state index is -0.529. The van der Waals surface area contributed by atoms with E-state index in [0.29, 0.717) is 64.5 Å². The lowest BCUT2D eigenvalue weighted by atomic mass is 10.00. The number of carbonyl (C=O) groups is 3. The number of nitrogens with zero attached hydrogens (tertiary/aromatic N) is 9. The molecule has 3 rings (SSSR count). The fraction of sp³-hybridized carbons (Fsp3) is 0.311. The first kappa shape index (κ1) is 51.0. The molecule has 0 spiro atoms. The van der Waals surface area contributed by atoms with Crippen LogP contribution in [0, 0.1) is 37.0 Å². The predicted octanol–water partition coefficient (Wildman–Crippen LogP) is 8.20. The maximum Gasteiger partial charge on any atom is 0.245 e. The van der Waals surface area contributed by atoms with Crippen LogP contribution in [-0.4, -0.2) is 85.2 Å². The summed E-state index contributed by atoms with van der Waals surface area (Å²) in [6, 6.07) is 26.1. The summed E-state index contributed by atoms with van der Waals surface area (Å²) < 4.78 is 5.30. The van der Waals surface area contributed by atoms with Crippen molar-refractivity contribution < 1.29 is 19.1 Å². The number of rotatable bonds is 19. The van der Waals surface area contributed by atoms with Gasteiger partial charge in [0.15, 0.2) is 5.78 Å². The molecule has 0 fully saturated rings. The first-order valence-electron chi connectivity index (χ1n) is 18.3. The molecule has 3 aromatic carbocycles. The Bertz CT molecular complexity index is 1820. The summed E-state index contributed by atoms with van der Waals surface area (Å²) in [7, 11) is 1.55. The van der Waals surface area contributed by atoms with Crippen LogP contribution in [0.2, 0.25) is 0 Å². The third-order valence-corrected chi connectivity index (χ3v) is 7.80. The van der Waals surface area contributed by atoms with E-state index in [2.05, 4.69) is 51.0 Å². The normalized spacial score (nSPS) is 9.74. The summed E-state index contributed by atoms with van der Waals surface area (Å²) in [4.78, 5) is 45.6. The fourth-order valence-corrected chi connectivity index (χ4v) is 4.94. The number of hydrogen-bond acceptors (Lipinski definition) is 7. The van der Waals surface area contributed by atoms with Crippen molar-refractivity contribution in [2.75, 3.05) is 52.9 Å². The highest BCUT2D eigenvalue weighted by molar-refractivity contribution is 6.00. The van der Waals surface area contributed by atoms with Crippen LogP contribution in [0.1, 0.15) is 53.4 Å². The van der Waals surface area contributed by atoms with Gasteiger partial charge in [0.1, 0.15) is 6.10 Å². The number of ether oxygens (including phenoxy) is 1. The zero-order valence-corrected chi connectivity index (χ0v) is 33.7. The molecule has 1 unspecified atom stereocenters. The highest BCUT2D eigenvalue weighted by atomic mass is 16.5. The summed E-state index contributed by atoms with van der Waals surface area (Å²) in [5.41, 5.74) is 19.6. The van der Waals surface area contributed by atoms with Crippen molar-refractivity contribution >= 4 is 17.6 Å². The van der Waals surface area contributed by atoms with Crippen molar-refractivity contribution in [3.63, 3.8) is 0 Å². The molecule has 13 heteroatoms. The molecule has 13 nitrogen and oxygen atoms in total. The molecule has 0 saturated heterocycles. The van der Waals surface area contributed by atoms with E-state index in [4.69, 9.17) is 35.1 Å². The largest absolute Gasteiger partial charge is 0.369 e. The second-order valence-electron chi connectivity index (χ2n) is 11.7. The van der Waals surface area contributed by atoms with Crippen molar-refractivity contribution in [3.8, 4) is 37.0 Å². The van der Waals surface area contributed by atoms with Crippen molar-refractivity contribution in [1.29, 1.82) is 0 Å². The van der Waals surface area contributed by atoms with Crippen LogP contribution in [0.25, 0.3) is 20.9 Å². The third kappa shape index (κ3) is 21.8. The van der Waals surface area contributed by atoms with E-state index in [9.17, 15) is 14.4 Å². The molecule has 0 bridgehead atoms. The molecule has 302 valence electrons. The van der Waals surface area contributed by atoms with Crippen LogP contribution in [0.5, 0.6) is 0 Å². The average molecular weight is 784 g/mol. The minimum Gasteiger partial charge on any atom is -0.369 e. The highest BCUT2D eigenvalue weighted by Crippen LogP contribution is 2.21. The maximum absolute atomic E-state index is 12.3. The van der Waals surface area contributed by atoms with Gasteiger partial charge >= 0.3 is 0 Å². The summed E-state index contributed by atoms with van der Waals surface area (Å²) in [6.45, 7) is 15.6. The van der Waals surface area contributed by atoms with E-state index in [-0.39, 0.29) is 17.6 Å². The Kier molecular flexibility index (Phi) is 29.3. The Labute approximate surface area is 343 Å². The van der Waals surface area contributed by atoms with Gasteiger partial charge in [-0.25, -0.2) is 0 Å². The summed E-state index contributed by atoms with van der Waals surface area (Å²) >= 11 is 0. The number of likely N-dealkylation sites (N-methyl/N-ethyl adjacent to an activating group) is 2. The van der Waals surface area contributed by atoms with Gasteiger partial charge in [0, 0.05) is 48.7 Å². The van der Waals surface area contributed by atoms with Gasteiger partial charge < -0.3 is 14.5 Å². The van der Waals surface area contributed by atoms with Gasteiger partial charge in [0.25, 0.3) is 0 Å². The Balaban J connectivity index is 0.000000761. The van der Waals surface area contributed by atoms with Crippen molar-refractivity contribution in [2.45, 2.75) is 39.5 Å². The van der Waals surface area contributed by atoms with Gasteiger partial charge in [-0.2, -0.15) is 0 Å². The van der Waals surface area contributed by atoms with Gasteiger partial charge in [-0.3, -0.25) is 19.3 Å². The van der Waals surface area contributed by atoms with E-state index in [1.165, 1.54) is 12.2 Å². The van der Waals surface area contributed by atoms with Crippen LogP contribution in [-0.2, 0) is 27.4 Å². The fourth-order valence-electron chi connectivity index (χ4n) is 4.94. The first-order valence-corrected chi connectivity index (χ1v) is 18.3. The van der Waals surface area contributed by atoms with Gasteiger partial charge in [0.2, 0.25) is 11.8 Å². The lowest BCUT2D eigenvalue weighted by Gasteiger charge is -2.23. The molecule has 0 aromatic heterocycles. The Hall–Kier alpha value is -7.03. The molecule has 0 aliphatic heterocycles. The lowest BCUT2D eigenvalue weighted by Crippen LogP contribution is -2.35. The van der Waals surface area contributed by atoms with Crippen molar-refractivity contribution in [3.05, 3.63) is 153 Å². The van der Waals surface area contributed by atoms with Crippen molar-refractivity contribution in [2.24, 2.45) is 10.2 Å². The Morgan fingerprint density at radius 2 is 1.17 bits per heavy atom. The standard InChI is InChI=1S/C15H14O2.C13H22N2O2.C9H9N.C8H8N6/c1-17-15(13-10-6-3-7-11-13)14(16)12-8-4-2-5-9-12;1-5-12(16)14(7-3)10-9-11-15(8-4)13(17)6-2;1-4-7-10(8-5-2)9-6-3;9-13-11-5-7-2-1-3-8(4-7)6-12-14-10/h2-11,15H,1H3;5-6H,1-2,7-11H2,3-4H3;1-3H,7-9H2;1-4H,5-6H2. The predicted molar refractivity (Wildman–Crippen MR) is 232 cm³/mol. The number of hydrogen-bond donors (Lipinski definition) is 0. The van der Waals surface area contributed by atoms with E-state index in [1.54, 1.807) is 29.0 Å². The molecule has 0 aliphatic carbocycles. The minimum absolute atomic E-state index is 0.0145. The van der Waals surface area contributed by atoms with Gasteiger partial charge in [-0.1, -0.05) is 126 Å². The number of Topliss-reactive ketones (excluding diaryl/α,β-unsaturated/α-hetero) is 1. The molecule has 0 radical (unpaired) electrons. The Morgan fingerprint density at radius 1 is 0.741 bits per heavy atom. The molecule has 0 N–H and O–H groups in total. The van der Waals surface area contributed by atoms with Crippen LogP contribution >= 0.6 is 0 Å². The SMILES string of the molecule is C#CCN(CC#C)CC#C.C=CC(=O)N(CC)CCCN(CC)C(=O)C=C.COC(C(=O)c1ccccc1)c1ccccc1.[N-]=[N+]=NCc1cccc(CN=[N+]=[N-])c1. The number of methoxy groups -OCH3 is 1. The molecule has 1 atom stereocenters. The van der Waals surface area contributed by atoms with Crippen LogP contribution in [0.3, 0.4) is 0 Å². The molecular formula is C45H53N9O4. The molecule has 58 heavy (non-hydrogen) atoms. The monoisotopic (exact) mass is 783 g/mol. The zero-order valence-electron chi connectivity index (χ0n) is 33.7. The summed E-state index contributed by atoms with van der Waals surface area (Å²) in [5.74, 6) is 7.27. The molecule has 0 saturated carbocycles. The van der Waals surface area contributed by atoms with Crippen LogP contribution in [0.15, 0.2) is 120 Å². The molecular weight excluding hydrogens is 731 g/mol. The first-order chi connectivity index (χ1) is 28.1. The number of carbonyl (C=O) groups excluding carboxylic acids is 3. The number of amides is 2. The molecule has 0 heterocycles. The van der Waals surface area contributed by atoms with E-state index >= 15 is 0 Å². The van der Waals surface area contributed by atoms with Gasteiger partial charge in [-0.05, 0) is 60.2 Å². The van der Waals surface area contributed by atoms with E-state index < -0.39 is 6.10 Å². The van der Waals surface area contributed by atoms with Crippen LogP contribution in [0.4, 0.5) is 0 Å². The topological polar surface area (TPSA) is 168 Å². The number of terminal acetylenes is 3. The Morgan fingerprint density at radius 3 is 1.53 bits per heavy atom. The van der Waals surface area contributed by atoms with Crippen LogP contribution < -0.4 is 0 Å². The molecule has 2 amide bonds. The lowest BCUT2D eigenvalue weighted by molar-refractivity contribution is -0.126. The van der Waals surface area contributed by atoms with Gasteiger partial charge in [0.05, 0.1) is 32.7 Å². The molecule has 3 aromatic rings. The zero-order chi connectivity index (χ0) is 43.4. The smallest absolute Gasteiger partial charge is 0.245 e. The number of ketones is 1. The van der Waals surface area contributed by atoms with E-state index in [0.717, 1.165) is 23.1 Å². The number of azide groups is 2. The average Bonchev–Trinajstić information content (AvgIpc) is 3.26. The number of benzene rings is 3. The quantitative estimate of drug-likeness (QED) is 0.0298. The second kappa shape index (κ2) is 33.3. The second-order valence-corrected chi connectivity index (χ2v) is 11.7. The van der Waals surface area contributed by atoms with Crippen molar-refractivity contribution in [1.82, 2.24) is 14.7 Å². The summed E-state index contributed by atoms with van der Waals surface area (Å²) in [5, 5.41) is 6.88. The highest BCUT2D eigenvalue weighted by Gasteiger charge is 2.21. The third-order valence-electron chi connectivity index (χ3n) is 7.80.